The topological polar surface area (TPSA) is 366 Å². The number of carboxylic acids is 1. The van der Waals surface area contributed by atoms with E-state index >= 15 is 0 Å². The fraction of sp³-hybridized carbons (Fsp3) is 0.630. The van der Waals surface area contributed by atoms with Crippen LogP contribution in [0.1, 0.15) is 49.0 Å². The zero-order valence-corrected chi connectivity index (χ0v) is 44.6. The lowest BCUT2D eigenvalue weighted by Crippen LogP contribution is -2.54. The summed E-state index contributed by atoms with van der Waals surface area (Å²) in [6.45, 7) is 8.72. The molecule has 0 aliphatic rings. The van der Waals surface area contributed by atoms with E-state index in [1.54, 1.807) is 52.2 Å². The van der Waals surface area contributed by atoms with Crippen LogP contribution in [0.4, 0.5) is 28.4 Å². The van der Waals surface area contributed by atoms with Crippen LogP contribution in [0.3, 0.4) is 0 Å². The lowest BCUT2D eigenvalue weighted by atomic mass is 10.0. The Morgan fingerprint density at radius 1 is 0.740 bits per heavy atom. The average molecular weight is 1130 g/mol. The third-order valence-corrected chi connectivity index (χ3v) is 10.7. The van der Waals surface area contributed by atoms with Gasteiger partial charge >= 0.3 is 24.3 Å². The lowest BCUT2D eigenvalue weighted by Gasteiger charge is -2.25. The van der Waals surface area contributed by atoms with E-state index in [4.69, 9.17) is 48.8 Å². The van der Waals surface area contributed by atoms with Crippen LogP contribution in [0.25, 0.3) is 0 Å². The smallest absolute Gasteiger partial charge is 0.475 e. The molecule has 2 atom stereocenters. The minimum Gasteiger partial charge on any atom is -0.475 e. The number of alkyl halides is 3. The number of amides is 7. The minimum absolute atomic E-state index is 0.0167. The molecule has 0 bridgehead atoms. The second kappa shape index (κ2) is 39.1. The number of sulfone groups is 1. The molecule has 1 aromatic heterocycles. The van der Waals surface area contributed by atoms with Crippen molar-refractivity contribution in [3.05, 3.63) is 47.8 Å². The SMILES string of the molecule is CNCCN(C)C(=O)OCc1ccc(NC(=O)[C@H](CCCNC(N)=O)NC(=O)[C@@H](NC(=O)CCOCCOCCOCCOCCOCCOCCNC(=O)c2cnc(S(C)(=O)=O)nc2)C(C)C)cc1.O=C(O)C(F)(F)F. The standard InChI is InChI=1S/C44H72N10O15S.C2HF3O2/c1-32(2)38(41(58)52-36(7-6-13-48-42(45)59)40(57)51-35-10-8-33(9-11-35)31-69-44(60)54(4)16-14-46-3)53-37(55)12-17-63-19-21-65-23-25-67-27-28-68-26-24-66-22-20-64-18-15-47-39(56)34-29-49-43(50-30-34)70(5,61)62;3-2(4,5)1(6)7/h8-11,29-30,32,36,38,46H,6-7,12-28,31H2,1-5H3,(H,47,56)(H,51,57)(H,52,58)(H,53,55)(H3,45,48,59);(H,6,7)/t36-,38-;/m0./s1. The number of halogens is 3. The summed E-state index contributed by atoms with van der Waals surface area (Å²) in [5.41, 5.74) is 6.45. The maximum atomic E-state index is 13.5. The summed E-state index contributed by atoms with van der Waals surface area (Å²) in [7, 11) is -0.122. The van der Waals surface area contributed by atoms with E-state index in [1.165, 1.54) is 4.90 Å². The Labute approximate surface area is 444 Å². The second-order valence-corrected chi connectivity index (χ2v) is 18.5. The van der Waals surface area contributed by atoms with Crippen LogP contribution in [0.5, 0.6) is 0 Å². The Balaban J connectivity index is 0.00000394. The number of carbonyl (C=O) groups excluding carboxylic acids is 6. The van der Waals surface area contributed by atoms with E-state index in [9.17, 15) is 50.4 Å². The molecule has 0 aliphatic carbocycles. The van der Waals surface area contributed by atoms with Crippen molar-refractivity contribution in [2.24, 2.45) is 11.7 Å². The number of rotatable bonds is 38. The number of carbonyl (C=O) groups is 7. The van der Waals surface area contributed by atoms with Crippen molar-refractivity contribution >= 4 is 57.2 Å². The molecule has 9 N–H and O–H groups in total. The molecule has 0 saturated carbocycles. The molecule has 0 unspecified atom stereocenters. The third kappa shape index (κ3) is 33.4. The van der Waals surface area contributed by atoms with Gasteiger partial charge in [0.25, 0.3) is 5.91 Å². The second-order valence-electron chi connectivity index (χ2n) is 16.6. The number of ether oxygens (including phenoxy) is 7. The molecule has 27 nitrogen and oxygen atoms in total. The van der Waals surface area contributed by atoms with Gasteiger partial charge in [-0.15, -0.1) is 0 Å². The summed E-state index contributed by atoms with van der Waals surface area (Å²) < 4.78 is 92.8. The molecule has 1 aromatic carbocycles. The summed E-state index contributed by atoms with van der Waals surface area (Å²) in [6, 6.07) is 3.99. The number of primary amides is 1. The first-order valence-electron chi connectivity index (χ1n) is 24.1. The molecule has 77 heavy (non-hydrogen) atoms. The molecule has 0 saturated heterocycles. The highest BCUT2D eigenvalue weighted by Gasteiger charge is 2.38. The average Bonchev–Trinajstić information content (AvgIpc) is 3.37. The van der Waals surface area contributed by atoms with Crippen molar-refractivity contribution in [2.45, 2.75) is 63.1 Å². The van der Waals surface area contributed by atoms with Crippen LogP contribution in [-0.2, 0) is 68.8 Å². The van der Waals surface area contributed by atoms with Crippen molar-refractivity contribution in [2.75, 3.05) is 131 Å². The molecule has 0 aliphatic heterocycles. The van der Waals surface area contributed by atoms with E-state index in [2.05, 4.69) is 41.9 Å². The van der Waals surface area contributed by atoms with Gasteiger partial charge in [-0.2, -0.15) is 13.2 Å². The van der Waals surface area contributed by atoms with E-state index in [-0.39, 0.29) is 75.6 Å². The monoisotopic (exact) mass is 1130 g/mol. The Kier molecular flexibility index (Phi) is 34.8. The molecule has 7 amide bonds. The van der Waals surface area contributed by atoms with Crippen LogP contribution >= 0.6 is 0 Å². The summed E-state index contributed by atoms with van der Waals surface area (Å²) >= 11 is 0. The van der Waals surface area contributed by atoms with Crippen LogP contribution in [0.15, 0.2) is 41.8 Å². The summed E-state index contributed by atoms with van der Waals surface area (Å²) in [5, 5.41) is 23.1. The Hall–Kier alpha value is -6.35. The fourth-order valence-corrected chi connectivity index (χ4v) is 6.19. The highest BCUT2D eigenvalue weighted by molar-refractivity contribution is 7.90. The number of benzene rings is 1. The molecule has 436 valence electrons. The van der Waals surface area contributed by atoms with E-state index in [0.29, 0.717) is 83.6 Å². The molecule has 0 fully saturated rings. The molecule has 0 radical (unpaired) electrons. The quantitative estimate of drug-likeness (QED) is 0.0330. The molecular formula is C46H73F3N10O17S. The number of likely N-dealkylation sites (N-methyl/N-ethyl adjacent to an activating group) is 2. The summed E-state index contributed by atoms with van der Waals surface area (Å²) in [5.74, 6) is -5.02. The van der Waals surface area contributed by atoms with Gasteiger partial charge in [0.05, 0.1) is 84.8 Å². The van der Waals surface area contributed by atoms with Gasteiger partial charge in [0.15, 0.2) is 0 Å². The van der Waals surface area contributed by atoms with Crippen LogP contribution in [0.2, 0.25) is 0 Å². The minimum atomic E-state index is -5.08. The zero-order valence-electron chi connectivity index (χ0n) is 43.8. The third-order valence-electron chi connectivity index (χ3n) is 9.79. The first-order chi connectivity index (χ1) is 36.5. The van der Waals surface area contributed by atoms with Crippen LogP contribution in [-0.4, -0.2) is 214 Å². The molecule has 2 aromatic rings. The van der Waals surface area contributed by atoms with Gasteiger partial charge in [-0.05, 0) is 43.5 Å². The van der Waals surface area contributed by atoms with Gasteiger partial charge in [0, 0.05) is 64.0 Å². The maximum absolute atomic E-state index is 13.5. The lowest BCUT2D eigenvalue weighted by molar-refractivity contribution is -0.192. The molecule has 31 heteroatoms. The molecular weight excluding hydrogens is 1050 g/mol. The number of hydrogen-bond acceptors (Lipinski definition) is 19. The number of urea groups is 1. The predicted molar refractivity (Wildman–Crippen MR) is 268 cm³/mol. The number of nitrogens with two attached hydrogens (primary N) is 1. The number of anilines is 1. The van der Waals surface area contributed by atoms with Crippen LogP contribution in [0, 0.1) is 5.92 Å². The Bertz CT molecular complexity index is 2180. The van der Waals surface area contributed by atoms with E-state index < -0.39 is 69.8 Å². The van der Waals surface area contributed by atoms with Gasteiger partial charge in [-0.25, -0.2) is 32.8 Å². The number of carboxylic acid groups (broad SMARTS) is 1. The van der Waals surface area contributed by atoms with Gasteiger partial charge in [0.1, 0.15) is 18.7 Å². The van der Waals surface area contributed by atoms with E-state index in [1.807, 2.05) is 0 Å². The molecule has 2 rings (SSSR count). The van der Waals surface area contributed by atoms with Crippen molar-refractivity contribution in [1.29, 1.82) is 0 Å². The van der Waals surface area contributed by atoms with Crippen molar-refractivity contribution in [3.8, 4) is 0 Å². The number of hydrogen-bond donors (Lipinski definition) is 8. The Morgan fingerprint density at radius 2 is 1.25 bits per heavy atom. The number of nitrogens with zero attached hydrogens (tertiary/aromatic N) is 3. The van der Waals surface area contributed by atoms with E-state index in [0.717, 1.165) is 18.6 Å². The number of aromatic nitrogens is 2. The van der Waals surface area contributed by atoms with Crippen LogP contribution < -0.4 is 37.6 Å². The molecule has 1 heterocycles. The van der Waals surface area contributed by atoms with Crippen molar-refractivity contribution in [1.82, 2.24) is 41.5 Å². The van der Waals surface area contributed by atoms with Crippen molar-refractivity contribution < 1.29 is 93.4 Å². The summed E-state index contributed by atoms with van der Waals surface area (Å²) in [6.07, 6.45) is -1.83. The predicted octanol–water partition coefficient (Wildman–Crippen LogP) is 0.233. The van der Waals surface area contributed by atoms with Gasteiger partial charge in [-0.1, -0.05) is 26.0 Å². The van der Waals surface area contributed by atoms with Gasteiger partial charge in [0.2, 0.25) is 32.7 Å². The Morgan fingerprint density at radius 3 is 1.71 bits per heavy atom. The zero-order chi connectivity index (χ0) is 57.7. The summed E-state index contributed by atoms with van der Waals surface area (Å²) in [4.78, 5) is 93.0. The maximum Gasteiger partial charge on any atom is 0.490 e. The fourth-order valence-electron chi connectivity index (χ4n) is 5.70. The highest BCUT2D eigenvalue weighted by Crippen LogP contribution is 2.14. The number of nitrogens with one attached hydrogen (secondary N) is 6. The van der Waals surface area contributed by atoms with Gasteiger partial charge in [-0.3, -0.25) is 19.2 Å². The normalized spacial score (nSPS) is 12.1. The van der Waals surface area contributed by atoms with Gasteiger partial charge < -0.3 is 80.8 Å². The van der Waals surface area contributed by atoms with Crippen molar-refractivity contribution in [3.63, 3.8) is 0 Å². The first kappa shape index (κ1) is 68.7. The largest absolute Gasteiger partial charge is 0.490 e. The number of aliphatic carboxylic acids is 1. The molecule has 0 spiro atoms. The highest BCUT2D eigenvalue weighted by atomic mass is 32.2. The first-order valence-corrected chi connectivity index (χ1v) is 26.0.